The number of amides is 1. The van der Waals surface area contributed by atoms with E-state index in [9.17, 15) is 4.79 Å². The summed E-state index contributed by atoms with van der Waals surface area (Å²) in [5, 5.41) is 3.01. The molecule has 0 saturated carbocycles. The number of hydrogen-bond acceptors (Lipinski definition) is 3. The number of nitrogens with one attached hydrogen (secondary N) is 1. The second-order valence-electron chi connectivity index (χ2n) is 5.63. The molecule has 0 spiro atoms. The third-order valence-electron chi connectivity index (χ3n) is 3.99. The van der Waals surface area contributed by atoms with Gasteiger partial charge in [-0.3, -0.25) is 4.79 Å². The zero-order chi connectivity index (χ0) is 16.2. The first-order chi connectivity index (χ1) is 11.2. The Morgan fingerprint density at radius 3 is 2.57 bits per heavy atom. The van der Waals surface area contributed by atoms with E-state index >= 15 is 0 Å². The van der Waals surface area contributed by atoms with Gasteiger partial charge in [-0.25, -0.2) is 0 Å². The molecule has 4 heteroatoms. The lowest BCUT2D eigenvalue weighted by Crippen LogP contribution is -2.15. The van der Waals surface area contributed by atoms with Crippen molar-refractivity contribution < 1.29 is 14.3 Å². The molecule has 0 fully saturated rings. The van der Waals surface area contributed by atoms with Crippen LogP contribution in [0.2, 0.25) is 0 Å². The van der Waals surface area contributed by atoms with Crippen LogP contribution >= 0.6 is 0 Å². The van der Waals surface area contributed by atoms with Gasteiger partial charge in [0.2, 0.25) is 0 Å². The molecule has 0 atom stereocenters. The largest absolute Gasteiger partial charge is 0.490 e. The third-order valence-corrected chi connectivity index (χ3v) is 3.99. The Labute approximate surface area is 136 Å². The Bertz CT molecular complexity index is 725. The fraction of sp³-hybridized carbons (Fsp3) is 0.316. The van der Waals surface area contributed by atoms with E-state index in [-0.39, 0.29) is 5.91 Å². The molecule has 2 aromatic rings. The lowest BCUT2D eigenvalue weighted by molar-refractivity contribution is 0.102. The van der Waals surface area contributed by atoms with Crippen molar-refractivity contribution in [3.8, 4) is 11.5 Å². The molecular formula is C19H21NO3. The van der Waals surface area contributed by atoms with E-state index in [4.69, 9.17) is 9.47 Å². The van der Waals surface area contributed by atoms with Crippen LogP contribution in [0.1, 0.15) is 34.8 Å². The number of aryl methyl sites for hydroxylation is 2. The molecule has 2 aromatic carbocycles. The van der Waals surface area contributed by atoms with Crippen LogP contribution in [0.3, 0.4) is 0 Å². The average molecular weight is 311 g/mol. The summed E-state index contributed by atoms with van der Waals surface area (Å²) in [6.07, 6.45) is 1.72. The molecule has 0 radical (unpaired) electrons. The van der Waals surface area contributed by atoms with Gasteiger partial charge in [0.05, 0.1) is 13.2 Å². The van der Waals surface area contributed by atoms with Gasteiger partial charge in [0.1, 0.15) is 0 Å². The van der Waals surface area contributed by atoms with Gasteiger partial charge < -0.3 is 14.8 Å². The molecule has 0 bridgehead atoms. The molecule has 0 unspecified atom stereocenters. The van der Waals surface area contributed by atoms with E-state index in [0.717, 1.165) is 29.7 Å². The molecule has 120 valence electrons. The molecule has 1 amide bonds. The van der Waals surface area contributed by atoms with Crippen molar-refractivity contribution in [1.82, 2.24) is 0 Å². The third kappa shape index (κ3) is 3.31. The average Bonchev–Trinajstić information content (AvgIpc) is 2.79. The van der Waals surface area contributed by atoms with Crippen LogP contribution in [0.4, 0.5) is 5.69 Å². The van der Waals surface area contributed by atoms with Crippen LogP contribution < -0.4 is 14.8 Å². The molecule has 1 aliphatic heterocycles. The van der Waals surface area contributed by atoms with Crippen molar-refractivity contribution in [1.29, 1.82) is 0 Å². The molecule has 0 aromatic heterocycles. The summed E-state index contributed by atoms with van der Waals surface area (Å²) in [6, 6.07) is 11.5. The summed E-state index contributed by atoms with van der Waals surface area (Å²) in [4.78, 5) is 12.7. The van der Waals surface area contributed by atoms with Crippen LogP contribution in [0, 0.1) is 6.92 Å². The van der Waals surface area contributed by atoms with E-state index < -0.39 is 0 Å². The van der Waals surface area contributed by atoms with Crippen LogP contribution in [0.5, 0.6) is 11.5 Å². The maximum absolute atomic E-state index is 12.7. The lowest BCUT2D eigenvalue weighted by atomic mass is 10.1. The second-order valence-corrected chi connectivity index (χ2v) is 5.63. The standard InChI is InChI=1S/C19H21NO3/c1-3-14-7-4-5-8-16(14)20-19(21)15-12-18-17(11-13(15)2)22-9-6-10-23-18/h4-5,7-8,11-12H,3,6,9-10H2,1-2H3,(H,20,21). The Balaban J connectivity index is 1.89. The summed E-state index contributed by atoms with van der Waals surface area (Å²) < 4.78 is 11.3. The summed E-state index contributed by atoms with van der Waals surface area (Å²) in [6.45, 7) is 5.23. The number of hydrogen-bond donors (Lipinski definition) is 1. The highest BCUT2D eigenvalue weighted by atomic mass is 16.5. The first-order valence-electron chi connectivity index (χ1n) is 7.98. The highest BCUT2D eigenvalue weighted by molar-refractivity contribution is 6.06. The molecule has 1 N–H and O–H groups in total. The van der Waals surface area contributed by atoms with Gasteiger partial charge in [-0.05, 0) is 42.7 Å². The van der Waals surface area contributed by atoms with Gasteiger partial charge in [-0.15, -0.1) is 0 Å². The number of anilines is 1. The predicted molar refractivity (Wildman–Crippen MR) is 90.6 cm³/mol. The predicted octanol–water partition coefficient (Wildman–Crippen LogP) is 3.97. The highest BCUT2D eigenvalue weighted by Gasteiger charge is 2.17. The first-order valence-corrected chi connectivity index (χ1v) is 7.98. The van der Waals surface area contributed by atoms with Crippen LogP contribution in [0.15, 0.2) is 36.4 Å². The number of ether oxygens (including phenoxy) is 2. The molecule has 23 heavy (non-hydrogen) atoms. The van der Waals surface area contributed by atoms with Crippen molar-refractivity contribution in [2.24, 2.45) is 0 Å². The minimum absolute atomic E-state index is 0.126. The second kappa shape index (κ2) is 6.73. The Morgan fingerprint density at radius 2 is 1.83 bits per heavy atom. The van der Waals surface area contributed by atoms with Crippen molar-refractivity contribution >= 4 is 11.6 Å². The molecule has 0 saturated heterocycles. The van der Waals surface area contributed by atoms with Gasteiger partial charge in [0.15, 0.2) is 11.5 Å². The minimum Gasteiger partial charge on any atom is -0.490 e. The zero-order valence-corrected chi connectivity index (χ0v) is 13.5. The van der Waals surface area contributed by atoms with E-state index in [0.29, 0.717) is 30.3 Å². The quantitative estimate of drug-likeness (QED) is 0.933. The lowest BCUT2D eigenvalue weighted by Gasteiger charge is -2.14. The van der Waals surface area contributed by atoms with E-state index in [1.807, 2.05) is 37.3 Å². The van der Waals surface area contributed by atoms with Crippen LogP contribution in [-0.4, -0.2) is 19.1 Å². The molecule has 3 rings (SSSR count). The van der Waals surface area contributed by atoms with Crippen LogP contribution in [0.25, 0.3) is 0 Å². The minimum atomic E-state index is -0.126. The van der Waals surface area contributed by atoms with E-state index in [1.54, 1.807) is 6.07 Å². The number of carbonyl (C=O) groups is 1. The summed E-state index contributed by atoms with van der Waals surface area (Å²) in [7, 11) is 0. The fourth-order valence-electron chi connectivity index (χ4n) is 2.70. The molecule has 1 heterocycles. The first kappa shape index (κ1) is 15.4. The number of benzene rings is 2. The molecule has 1 aliphatic rings. The van der Waals surface area contributed by atoms with Crippen LogP contribution in [-0.2, 0) is 6.42 Å². The Kier molecular flexibility index (Phi) is 4.51. The van der Waals surface area contributed by atoms with Crippen molar-refractivity contribution in [2.75, 3.05) is 18.5 Å². The van der Waals surface area contributed by atoms with Gasteiger partial charge in [0, 0.05) is 17.7 Å². The van der Waals surface area contributed by atoms with Gasteiger partial charge in [-0.2, -0.15) is 0 Å². The van der Waals surface area contributed by atoms with E-state index in [1.165, 1.54) is 0 Å². The number of rotatable bonds is 3. The maximum Gasteiger partial charge on any atom is 0.256 e. The number of para-hydroxylation sites is 1. The maximum atomic E-state index is 12.7. The van der Waals surface area contributed by atoms with Gasteiger partial charge in [0.25, 0.3) is 5.91 Å². The summed E-state index contributed by atoms with van der Waals surface area (Å²) >= 11 is 0. The molecule has 0 aliphatic carbocycles. The monoisotopic (exact) mass is 311 g/mol. The Morgan fingerprint density at radius 1 is 1.13 bits per heavy atom. The fourth-order valence-corrected chi connectivity index (χ4v) is 2.70. The Hall–Kier alpha value is -2.49. The van der Waals surface area contributed by atoms with Gasteiger partial charge >= 0.3 is 0 Å². The topological polar surface area (TPSA) is 47.6 Å². The smallest absolute Gasteiger partial charge is 0.256 e. The molecular weight excluding hydrogens is 290 g/mol. The molecule has 4 nitrogen and oxygen atoms in total. The number of carbonyl (C=O) groups excluding carboxylic acids is 1. The van der Waals surface area contributed by atoms with Crippen molar-refractivity contribution in [3.63, 3.8) is 0 Å². The van der Waals surface area contributed by atoms with Crippen molar-refractivity contribution in [2.45, 2.75) is 26.7 Å². The normalized spacial score (nSPS) is 13.3. The van der Waals surface area contributed by atoms with Gasteiger partial charge in [-0.1, -0.05) is 25.1 Å². The summed E-state index contributed by atoms with van der Waals surface area (Å²) in [5.74, 6) is 1.23. The highest BCUT2D eigenvalue weighted by Crippen LogP contribution is 2.33. The van der Waals surface area contributed by atoms with E-state index in [2.05, 4.69) is 12.2 Å². The zero-order valence-electron chi connectivity index (χ0n) is 13.5. The number of fused-ring (bicyclic) bond motifs is 1. The summed E-state index contributed by atoms with van der Waals surface area (Å²) in [5.41, 5.74) is 3.46. The SMILES string of the molecule is CCc1ccccc1NC(=O)c1cc2c(cc1C)OCCCO2. The van der Waals surface area contributed by atoms with Crippen molar-refractivity contribution in [3.05, 3.63) is 53.1 Å².